The van der Waals surface area contributed by atoms with E-state index in [4.69, 9.17) is 4.79 Å². The molecule has 182 valence electrons. The maximum Gasteiger partial charge on any atom is 2.00 e. The van der Waals surface area contributed by atoms with Crippen LogP contribution in [0.3, 0.4) is 0 Å². The van der Waals surface area contributed by atoms with Crippen molar-refractivity contribution in [2.24, 2.45) is 51.8 Å². The Morgan fingerprint density at radius 2 is 1.62 bits per heavy atom. The van der Waals surface area contributed by atoms with E-state index >= 15 is 0 Å². The van der Waals surface area contributed by atoms with Gasteiger partial charge in [-0.25, -0.2) is 0 Å². The van der Waals surface area contributed by atoms with Gasteiger partial charge in [0.25, 0.3) is 0 Å². The minimum absolute atomic E-state index is 0. The van der Waals surface area contributed by atoms with Crippen molar-refractivity contribution >= 4 is 6.29 Å². The summed E-state index contributed by atoms with van der Waals surface area (Å²) in [5, 5.41) is 0. The van der Waals surface area contributed by atoms with Crippen LogP contribution in [0.1, 0.15) is 126 Å². The van der Waals surface area contributed by atoms with E-state index in [2.05, 4.69) is 48.0 Å². The number of hydrogen-bond acceptors (Lipinski definition) is 1. The molecule has 2 heteroatoms. The summed E-state index contributed by atoms with van der Waals surface area (Å²) >= 11 is 0. The number of rotatable bonds is 5. The van der Waals surface area contributed by atoms with Gasteiger partial charge in [0.1, 0.15) is 0 Å². The third-order valence-electron chi connectivity index (χ3n) is 11.3. The summed E-state index contributed by atoms with van der Waals surface area (Å²) in [4.78, 5) is 8.68. The van der Waals surface area contributed by atoms with E-state index in [9.17, 15) is 0 Å². The molecule has 0 aromatic heterocycles. The first-order valence-corrected chi connectivity index (χ1v) is 13.7. The molecular weight excluding hydrogens is 614 g/mol. The predicted octanol–water partition coefficient (Wildman–Crippen LogP) is 8.82. The molecule has 0 spiro atoms. The molecule has 8 atom stereocenters. The molecule has 0 bridgehead atoms. The zero-order valence-electron chi connectivity index (χ0n) is 22.4. The molecule has 4 saturated carbocycles. The zero-order chi connectivity index (χ0) is 22.9. The Morgan fingerprint density at radius 3 is 2.28 bits per heavy atom. The van der Waals surface area contributed by atoms with Gasteiger partial charge in [-0.1, -0.05) is 72.6 Å². The molecule has 0 heterocycles. The van der Waals surface area contributed by atoms with Crippen LogP contribution in [0.15, 0.2) is 0 Å². The molecule has 0 N–H and O–H groups in total. The Labute approximate surface area is 224 Å². The van der Waals surface area contributed by atoms with E-state index < -0.39 is 0 Å². The van der Waals surface area contributed by atoms with Crippen molar-refractivity contribution in [3.63, 3.8) is 0 Å². The average molecular weight is 667 g/mol. The van der Waals surface area contributed by atoms with Gasteiger partial charge in [0.05, 0.1) is 0 Å². The van der Waals surface area contributed by atoms with Crippen LogP contribution in [0, 0.1) is 89.3 Å². The van der Waals surface area contributed by atoms with Crippen LogP contribution in [0.4, 0.5) is 0 Å². The predicted molar refractivity (Wildman–Crippen MR) is 133 cm³/mol. The van der Waals surface area contributed by atoms with Gasteiger partial charge in [-0.15, -0.1) is 0 Å². The van der Waals surface area contributed by atoms with Crippen LogP contribution in [-0.4, -0.2) is 6.29 Å². The molecule has 4 aliphatic rings. The summed E-state index contributed by atoms with van der Waals surface area (Å²) in [6, 6.07) is 0. The van der Waals surface area contributed by atoms with Gasteiger partial charge in [0.15, 0.2) is 0 Å². The first kappa shape index (κ1) is 29.0. The van der Waals surface area contributed by atoms with Gasteiger partial charge < -0.3 is 11.2 Å². The fraction of sp³-hybridized carbons (Fsp3) is 0.933. The van der Waals surface area contributed by atoms with Gasteiger partial charge in [0, 0.05) is 0 Å². The second kappa shape index (κ2) is 11.6. The molecule has 0 amide bonds. The molecule has 0 aromatic carbocycles. The molecule has 4 fully saturated rings. The SMILES string of the molecule is CC(C)CCC[C@@H](C)[C@H]1CC[C@H]2[C@@H]3CC[C@]4(C)C[CH-]CC[C@]4(C)[C@H]3CC[C@]12C.C[C-]=O.[U+2]. The Hall–Kier alpha value is 0.722. The fourth-order valence-corrected chi connectivity index (χ4v) is 9.37. The van der Waals surface area contributed by atoms with Crippen molar-refractivity contribution < 1.29 is 35.9 Å². The summed E-state index contributed by atoms with van der Waals surface area (Å²) < 4.78 is 0. The largest absolute Gasteiger partial charge is 2.00 e. The standard InChI is InChI=1S/C28H49.C2H3O.U/c1-20(2)10-9-11-21(3)23-12-13-24-22-14-18-26(4)16-7-8-17-28(26,6)25(22)15-19-27(23,24)5;1-2-3;/h7,20-25H,8-19H2,1-6H3;1H3;/q2*-1;+2/t21-,22+,23-,24+,25+,26+,27-,28-;;/m1../s1. The van der Waals surface area contributed by atoms with Crippen molar-refractivity contribution in [1.82, 2.24) is 0 Å². The Morgan fingerprint density at radius 1 is 0.938 bits per heavy atom. The molecule has 1 nitrogen and oxygen atoms in total. The van der Waals surface area contributed by atoms with E-state index in [1.165, 1.54) is 71.0 Å². The average Bonchev–Trinajstić information content (AvgIpc) is 3.06. The van der Waals surface area contributed by atoms with E-state index in [-0.39, 0.29) is 31.1 Å². The summed E-state index contributed by atoms with van der Waals surface area (Å²) in [6.45, 7) is 16.8. The number of hydrogen-bond donors (Lipinski definition) is 0. The minimum Gasteiger partial charge on any atom is -0.542 e. The van der Waals surface area contributed by atoms with E-state index in [1.807, 2.05) is 0 Å². The van der Waals surface area contributed by atoms with Gasteiger partial charge in [0.2, 0.25) is 0 Å². The minimum atomic E-state index is 0. The Kier molecular flexibility index (Phi) is 10.5. The molecule has 0 saturated heterocycles. The van der Waals surface area contributed by atoms with E-state index in [1.54, 1.807) is 19.3 Å². The van der Waals surface area contributed by atoms with Crippen LogP contribution in [0.2, 0.25) is 0 Å². The summed E-state index contributed by atoms with van der Waals surface area (Å²) in [7, 11) is 0. The van der Waals surface area contributed by atoms with Crippen LogP contribution >= 0.6 is 0 Å². The quantitative estimate of drug-likeness (QED) is 0.268. The second-order valence-electron chi connectivity index (χ2n) is 13.2. The maximum absolute atomic E-state index is 8.68. The van der Waals surface area contributed by atoms with Crippen LogP contribution in [-0.2, 0) is 4.79 Å². The topological polar surface area (TPSA) is 17.1 Å². The van der Waals surface area contributed by atoms with Crippen LogP contribution in [0.5, 0.6) is 0 Å². The normalized spacial score (nSPS) is 43.6. The first-order chi connectivity index (χ1) is 14.6. The second-order valence-corrected chi connectivity index (χ2v) is 13.2. The molecule has 32 heavy (non-hydrogen) atoms. The summed E-state index contributed by atoms with van der Waals surface area (Å²) in [6.07, 6.45) is 21.9. The van der Waals surface area contributed by atoms with Crippen molar-refractivity contribution in [3.8, 4) is 0 Å². The molecular formula is C30H52OU. The molecule has 0 aromatic rings. The molecule has 4 aliphatic carbocycles. The van der Waals surface area contributed by atoms with Gasteiger partial charge in [-0.2, -0.15) is 19.8 Å². The van der Waals surface area contributed by atoms with Crippen molar-refractivity contribution in [1.29, 1.82) is 0 Å². The fourth-order valence-electron chi connectivity index (χ4n) is 9.37. The molecule has 0 aliphatic heterocycles. The third kappa shape index (κ3) is 5.28. The maximum atomic E-state index is 8.68. The summed E-state index contributed by atoms with van der Waals surface area (Å²) in [5.74, 6) is 5.93. The Balaban J connectivity index is 0.000000860. The smallest absolute Gasteiger partial charge is 0.542 e. The van der Waals surface area contributed by atoms with Crippen LogP contribution in [0.25, 0.3) is 0 Å². The van der Waals surface area contributed by atoms with Gasteiger partial charge in [-0.3, -0.25) is 6.29 Å². The first-order valence-electron chi connectivity index (χ1n) is 13.7. The zero-order valence-corrected chi connectivity index (χ0v) is 26.6. The number of carbonyl (C=O) groups excluding carboxylic acids is 1. The van der Waals surface area contributed by atoms with Crippen molar-refractivity contribution in [2.45, 2.75) is 126 Å². The molecule has 0 unspecified atom stereocenters. The van der Waals surface area contributed by atoms with Crippen LogP contribution < -0.4 is 0 Å². The monoisotopic (exact) mass is 666 g/mol. The van der Waals surface area contributed by atoms with Crippen molar-refractivity contribution in [3.05, 3.63) is 6.42 Å². The number of fused-ring (bicyclic) bond motifs is 5. The van der Waals surface area contributed by atoms with Gasteiger partial charge >= 0.3 is 31.1 Å². The van der Waals surface area contributed by atoms with Crippen molar-refractivity contribution in [2.75, 3.05) is 0 Å². The molecule has 0 radical (unpaired) electrons. The van der Waals surface area contributed by atoms with E-state index in [0.717, 1.165) is 35.5 Å². The van der Waals surface area contributed by atoms with Gasteiger partial charge in [-0.05, 0) is 84.9 Å². The molecule has 4 rings (SSSR count). The third-order valence-corrected chi connectivity index (χ3v) is 11.3. The summed E-state index contributed by atoms with van der Waals surface area (Å²) in [5.41, 5.74) is 1.87. The Bertz CT molecular complexity index is 602. The van der Waals surface area contributed by atoms with E-state index in [0.29, 0.717) is 16.2 Å².